The molecule has 0 aliphatic rings. The Morgan fingerprint density at radius 1 is 1.47 bits per heavy atom. The highest BCUT2D eigenvalue weighted by Gasteiger charge is 2.16. The number of ether oxygens (including phenoxy) is 1. The molecule has 17 heavy (non-hydrogen) atoms. The third-order valence-corrected chi connectivity index (χ3v) is 2.42. The summed E-state index contributed by atoms with van der Waals surface area (Å²) in [5.74, 6) is 0.334. The molecule has 0 saturated carbocycles. The van der Waals surface area contributed by atoms with Crippen LogP contribution in [0.5, 0.6) is 5.75 Å². The number of carbonyl (C=O) groups is 1. The average Bonchev–Trinajstić information content (AvgIpc) is 2.81. The first-order chi connectivity index (χ1) is 8.16. The molecule has 0 amide bonds. The summed E-state index contributed by atoms with van der Waals surface area (Å²) in [7, 11) is 0. The molecule has 0 spiro atoms. The van der Waals surface area contributed by atoms with Gasteiger partial charge in [-0.05, 0) is 31.2 Å². The molecule has 0 aliphatic heterocycles. The van der Waals surface area contributed by atoms with Gasteiger partial charge in [0.15, 0.2) is 6.10 Å². The fraction of sp³-hybridized carbons (Fsp3) is 0.167. The lowest BCUT2D eigenvalue weighted by molar-refractivity contribution is 0.0710. The van der Waals surface area contributed by atoms with Crippen LogP contribution in [-0.2, 0) is 0 Å². The van der Waals surface area contributed by atoms with Crippen LogP contribution in [0.15, 0.2) is 42.7 Å². The monoisotopic (exact) mass is 250 g/mol. The molecule has 1 aromatic carbocycles. The standard InChI is InChI=1S/C12H11ClN2O2/c1-9(12(16)15-7-3-6-14-15)17-11-5-2-4-10(13)8-11/h2-9H,1H3. The van der Waals surface area contributed by atoms with Crippen LogP contribution in [0.25, 0.3) is 0 Å². The fourth-order valence-electron chi connectivity index (χ4n) is 1.38. The molecule has 2 aromatic rings. The summed E-state index contributed by atoms with van der Waals surface area (Å²) in [5, 5.41) is 4.43. The van der Waals surface area contributed by atoms with E-state index < -0.39 is 6.10 Å². The van der Waals surface area contributed by atoms with Crippen molar-refractivity contribution < 1.29 is 9.53 Å². The van der Waals surface area contributed by atoms with Gasteiger partial charge in [0.1, 0.15) is 5.75 Å². The quantitative estimate of drug-likeness (QED) is 0.841. The van der Waals surface area contributed by atoms with Gasteiger partial charge in [-0.3, -0.25) is 4.79 Å². The molecule has 4 nitrogen and oxygen atoms in total. The van der Waals surface area contributed by atoms with Crippen molar-refractivity contribution in [2.45, 2.75) is 13.0 Å². The second-order valence-electron chi connectivity index (χ2n) is 3.51. The largest absolute Gasteiger partial charge is 0.481 e. The molecule has 1 unspecified atom stereocenters. The maximum atomic E-state index is 11.8. The third kappa shape index (κ3) is 2.85. The SMILES string of the molecule is CC(Oc1cccc(Cl)c1)C(=O)n1cccn1. The van der Waals surface area contributed by atoms with Crippen molar-refractivity contribution in [1.82, 2.24) is 9.78 Å². The van der Waals surface area contributed by atoms with Gasteiger partial charge in [-0.25, -0.2) is 4.68 Å². The Hall–Kier alpha value is -1.81. The first kappa shape index (κ1) is 11.7. The van der Waals surface area contributed by atoms with Gasteiger partial charge in [-0.2, -0.15) is 5.10 Å². The summed E-state index contributed by atoms with van der Waals surface area (Å²) < 4.78 is 6.73. The summed E-state index contributed by atoms with van der Waals surface area (Å²) in [6, 6.07) is 8.61. The number of rotatable bonds is 3. The van der Waals surface area contributed by atoms with Gasteiger partial charge < -0.3 is 4.74 Å². The molecule has 0 saturated heterocycles. The van der Waals surface area contributed by atoms with Crippen LogP contribution in [0.4, 0.5) is 0 Å². The second kappa shape index (κ2) is 5.01. The number of aromatic nitrogens is 2. The van der Waals surface area contributed by atoms with Crippen molar-refractivity contribution in [3.05, 3.63) is 47.7 Å². The zero-order valence-electron chi connectivity index (χ0n) is 9.21. The van der Waals surface area contributed by atoms with Crippen molar-refractivity contribution in [3.8, 4) is 5.75 Å². The highest BCUT2D eigenvalue weighted by atomic mass is 35.5. The van der Waals surface area contributed by atoms with Gasteiger partial charge in [-0.1, -0.05) is 17.7 Å². The van der Waals surface area contributed by atoms with Gasteiger partial charge >= 0.3 is 0 Å². The minimum absolute atomic E-state index is 0.227. The molecule has 5 heteroatoms. The van der Waals surface area contributed by atoms with Crippen molar-refractivity contribution in [3.63, 3.8) is 0 Å². The van der Waals surface area contributed by atoms with Crippen molar-refractivity contribution >= 4 is 17.5 Å². The van der Waals surface area contributed by atoms with E-state index in [0.717, 1.165) is 0 Å². The number of hydrogen-bond acceptors (Lipinski definition) is 3. The van der Waals surface area contributed by atoms with Gasteiger partial charge in [0, 0.05) is 17.4 Å². The smallest absolute Gasteiger partial charge is 0.287 e. The first-order valence-corrected chi connectivity index (χ1v) is 5.50. The van der Waals surface area contributed by atoms with Crippen LogP contribution in [-0.4, -0.2) is 21.8 Å². The first-order valence-electron chi connectivity index (χ1n) is 5.13. The van der Waals surface area contributed by atoms with E-state index >= 15 is 0 Å². The highest BCUT2D eigenvalue weighted by Crippen LogP contribution is 2.18. The van der Waals surface area contributed by atoms with Crippen LogP contribution >= 0.6 is 11.6 Å². The Morgan fingerprint density at radius 2 is 2.29 bits per heavy atom. The Kier molecular flexibility index (Phi) is 3.44. The van der Waals surface area contributed by atoms with Gasteiger partial charge in [0.05, 0.1) is 0 Å². The van der Waals surface area contributed by atoms with Crippen LogP contribution in [0.1, 0.15) is 11.7 Å². The lowest BCUT2D eigenvalue weighted by atomic mass is 10.3. The summed E-state index contributed by atoms with van der Waals surface area (Å²) >= 11 is 5.82. The summed E-state index contributed by atoms with van der Waals surface area (Å²) in [4.78, 5) is 11.8. The van der Waals surface area contributed by atoms with Crippen LogP contribution in [0.2, 0.25) is 5.02 Å². The molecular weight excluding hydrogens is 240 g/mol. The Labute approximate surface area is 104 Å². The fourth-order valence-corrected chi connectivity index (χ4v) is 1.56. The third-order valence-electron chi connectivity index (χ3n) is 2.19. The average molecular weight is 251 g/mol. The maximum absolute atomic E-state index is 11.8. The number of nitrogens with zero attached hydrogens (tertiary/aromatic N) is 2. The Morgan fingerprint density at radius 3 is 2.94 bits per heavy atom. The second-order valence-corrected chi connectivity index (χ2v) is 3.94. The normalized spacial score (nSPS) is 12.1. The van der Waals surface area contributed by atoms with Gasteiger partial charge in [0.25, 0.3) is 5.91 Å². The predicted molar refractivity (Wildman–Crippen MR) is 64.4 cm³/mol. The topological polar surface area (TPSA) is 44.1 Å². The van der Waals surface area contributed by atoms with E-state index in [4.69, 9.17) is 16.3 Å². The summed E-state index contributed by atoms with van der Waals surface area (Å²) in [6.45, 7) is 1.67. The molecule has 0 radical (unpaired) electrons. The lowest BCUT2D eigenvalue weighted by Gasteiger charge is -2.13. The maximum Gasteiger partial charge on any atom is 0.287 e. The zero-order valence-corrected chi connectivity index (χ0v) is 9.96. The number of halogens is 1. The molecule has 0 N–H and O–H groups in total. The van der Waals surface area contributed by atoms with Gasteiger partial charge in [0.2, 0.25) is 0 Å². The van der Waals surface area contributed by atoms with Crippen LogP contribution in [0.3, 0.4) is 0 Å². The zero-order chi connectivity index (χ0) is 12.3. The minimum atomic E-state index is -0.617. The molecular formula is C12H11ClN2O2. The van der Waals surface area contributed by atoms with Crippen molar-refractivity contribution in [2.75, 3.05) is 0 Å². The molecule has 0 bridgehead atoms. The van der Waals surface area contributed by atoms with E-state index in [1.165, 1.54) is 4.68 Å². The van der Waals surface area contributed by atoms with Gasteiger partial charge in [-0.15, -0.1) is 0 Å². The molecule has 88 valence electrons. The summed E-state index contributed by atoms with van der Waals surface area (Å²) in [6.07, 6.45) is 2.51. The van der Waals surface area contributed by atoms with Crippen LogP contribution < -0.4 is 4.74 Å². The molecule has 2 rings (SSSR count). The van der Waals surface area contributed by atoms with Crippen molar-refractivity contribution in [1.29, 1.82) is 0 Å². The van der Waals surface area contributed by atoms with Crippen LogP contribution in [0, 0.1) is 0 Å². The predicted octanol–water partition coefficient (Wildman–Crippen LogP) is 2.64. The minimum Gasteiger partial charge on any atom is -0.481 e. The highest BCUT2D eigenvalue weighted by molar-refractivity contribution is 6.30. The Balaban J connectivity index is 2.07. The lowest BCUT2D eigenvalue weighted by Crippen LogP contribution is -2.29. The molecule has 1 atom stereocenters. The van der Waals surface area contributed by atoms with Crippen molar-refractivity contribution in [2.24, 2.45) is 0 Å². The number of carbonyl (C=O) groups excluding carboxylic acids is 1. The molecule has 0 aliphatic carbocycles. The number of hydrogen-bond donors (Lipinski definition) is 0. The molecule has 1 heterocycles. The van der Waals surface area contributed by atoms with E-state index in [0.29, 0.717) is 10.8 Å². The van der Waals surface area contributed by atoms with E-state index in [-0.39, 0.29) is 5.91 Å². The molecule has 1 aromatic heterocycles. The van der Waals surface area contributed by atoms with E-state index in [9.17, 15) is 4.79 Å². The number of benzene rings is 1. The Bertz CT molecular complexity index is 511. The van der Waals surface area contributed by atoms with E-state index in [1.54, 1.807) is 49.6 Å². The summed E-state index contributed by atoms with van der Waals surface area (Å²) in [5.41, 5.74) is 0. The van der Waals surface area contributed by atoms with E-state index in [2.05, 4.69) is 5.10 Å². The molecule has 0 fully saturated rings. The van der Waals surface area contributed by atoms with E-state index in [1.807, 2.05) is 0 Å².